The molecule has 0 bridgehead atoms. The molecule has 0 spiro atoms. The van der Waals surface area contributed by atoms with Gasteiger partial charge < -0.3 is 4.90 Å². The molecule has 2 fully saturated rings. The van der Waals surface area contributed by atoms with Crippen LogP contribution in [0, 0.1) is 11.8 Å². The van der Waals surface area contributed by atoms with Gasteiger partial charge in [-0.25, -0.2) is 8.42 Å². The highest BCUT2D eigenvalue weighted by Crippen LogP contribution is 2.33. The molecule has 2 aliphatic heterocycles. The highest BCUT2D eigenvalue weighted by atomic mass is 32.2. The van der Waals surface area contributed by atoms with Gasteiger partial charge in [-0.3, -0.25) is 4.79 Å². The first-order valence-corrected chi connectivity index (χ1v) is 11.0. The maximum Gasteiger partial charge on any atom is 0.393 e. The largest absolute Gasteiger partial charge is 0.393 e. The fraction of sp³-hybridized carbons (Fsp3) is 0.632. The number of piperidine rings is 2. The number of sulfonamides is 1. The lowest BCUT2D eigenvalue weighted by atomic mass is 9.97. The fourth-order valence-corrected chi connectivity index (χ4v) is 5.22. The lowest BCUT2D eigenvalue weighted by Crippen LogP contribution is -2.44. The van der Waals surface area contributed by atoms with Crippen molar-refractivity contribution in [3.05, 3.63) is 29.8 Å². The first kappa shape index (κ1) is 21.1. The van der Waals surface area contributed by atoms with E-state index in [0.29, 0.717) is 25.4 Å². The number of carbonyl (C=O) groups excluding carboxylic acids is 1. The van der Waals surface area contributed by atoms with E-state index in [0.717, 1.165) is 12.8 Å². The number of halogens is 3. The SMILES string of the molecule is CC1CCN(S(=O)(=O)c2ccc(C(=O)N3CCC[C@@H](C(F)(F)F)C3)cc2)CC1. The van der Waals surface area contributed by atoms with E-state index in [4.69, 9.17) is 0 Å². The zero-order valence-electron chi connectivity index (χ0n) is 15.8. The Hall–Kier alpha value is -1.61. The predicted octanol–water partition coefficient (Wildman–Crippen LogP) is 3.52. The number of carbonyl (C=O) groups is 1. The molecule has 1 atom stereocenters. The molecule has 2 saturated heterocycles. The van der Waals surface area contributed by atoms with Gasteiger partial charge in [0.15, 0.2) is 0 Å². The predicted molar refractivity (Wildman–Crippen MR) is 98.3 cm³/mol. The van der Waals surface area contributed by atoms with Crippen LogP contribution in [0.25, 0.3) is 0 Å². The van der Waals surface area contributed by atoms with Gasteiger partial charge in [-0.05, 0) is 55.9 Å². The van der Waals surface area contributed by atoms with Gasteiger partial charge in [0.2, 0.25) is 10.0 Å². The number of amides is 1. The van der Waals surface area contributed by atoms with E-state index in [1.807, 2.05) is 0 Å². The molecular weight excluding hydrogens is 393 g/mol. The highest BCUT2D eigenvalue weighted by Gasteiger charge is 2.42. The summed E-state index contributed by atoms with van der Waals surface area (Å²) in [5.41, 5.74) is 0.203. The number of hydrogen-bond donors (Lipinski definition) is 0. The highest BCUT2D eigenvalue weighted by molar-refractivity contribution is 7.89. The van der Waals surface area contributed by atoms with E-state index in [2.05, 4.69) is 6.92 Å². The smallest absolute Gasteiger partial charge is 0.338 e. The molecule has 2 heterocycles. The Labute approximate surface area is 163 Å². The van der Waals surface area contributed by atoms with Crippen molar-refractivity contribution in [2.24, 2.45) is 11.8 Å². The van der Waals surface area contributed by atoms with Crippen LogP contribution in [0.2, 0.25) is 0 Å². The zero-order chi connectivity index (χ0) is 20.5. The minimum absolute atomic E-state index is 0.0267. The Morgan fingerprint density at radius 3 is 2.21 bits per heavy atom. The lowest BCUT2D eigenvalue weighted by Gasteiger charge is -2.33. The molecule has 3 rings (SSSR count). The van der Waals surface area contributed by atoms with Crippen molar-refractivity contribution in [3.8, 4) is 0 Å². The summed E-state index contributed by atoms with van der Waals surface area (Å²) in [6.07, 6.45) is -2.37. The van der Waals surface area contributed by atoms with Crippen LogP contribution in [0.4, 0.5) is 13.2 Å². The van der Waals surface area contributed by atoms with Gasteiger partial charge in [0.05, 0.1) is 10.8 Å². The van der Waals surface area contributed by atoms with Crippen molar-refractivity contribution < 1.29 is 26.4 Å². The summed E-state index contributed by atoms with van der Waals surface area (Å²) < 4.78 is 65.8. The van der Waals surface area contributed by atoms with E-state index in [1.54, 1.807) is 0 Å². The molecular formula is C19H25F3N2O3S. The Balaban J connectivity index is 1.71. The van der Waals surface area contributed by atoms with E-state index < -0.39 is 28.0 Å². The van der Waals surface area contributed by atoms with Crippen LogP contribution in [0.15, 0.2) is 29.2 Å². The quantitative estimate of drug-likeness (QED) is 0.755. The van der Waals surface area contributed by atoms with Crippen molar-refractivity contribution >= 4 is 15.9 Å². The van der Waals surface area contributed by atoms with Crippen LogP contribution in [-0.2, 0) is 10.0 Å². The molecule has 1 aromatic rings. The van der Waals surface area contributed by atoms with Gasteiger partial charge in [-0.1, -0.05) is 6.92 Å². The molecule has 1 aromatic carbocycles. The van der Waals surface area contributed by atoms with Gasteiger partial charge in [-0.15, -0.1) is 0 Å². The van der Waals surface area contributed by atoms with Crippen molar-refractivity contribution in [3.63, 3.8) is 0 Å². The van der Waals surface area contributed by atoms with Crippen molar-refractivity contribution in [2.45, 2.75) is 43.7 Å². The van der Waals surface area contributed by atoms with E-state index >= 15 is 0 Å². The average Bonchev–Trinajstić information content (AvgIpc) is 2.67. The van der Waals surface area contributed by atoms with Gasteiger partial charge in [-0.2, -0.15) is 17.5 Å². The molecule has 0 radical (unpaired) electrons. The van der Waals surface area contributed by atoms with Crippen LogP contribution in [0.5, 0.6) is 0 Å². The summed E-state index contributed by atoms with van der Waals surface area (Å²) >= 11 is 0. The Morgan fingerprint density at radius 1 is 1.04 bits per heavy atom. The van der Waals surface area contributed by atoms with Gasteiger partial charge in [0.25, 0.3) is 5.91 Å². The van der Waals surface area contributed by atoms with E-state index in [-0.39, 0.29) is 30.0 Å². The Morgan fingerprint density at radius 2 is 1.64 bits per heavy atom. The van der Waals surface area contributed by atoms with Crippen LogP contribution < -0.4 is 0 Å². The van der Waals surface area contributed by atoms with Crippen LogP contribution >= 0.6 is 0 Å². The minimum atomic E-state index is -4.32. The van der Waals surface area contributed by atoms with Crippen molar-refractivity contribution in [1.82, 2.24) is 9.21 Å². The summed E-state index contributed by atoms with van der Waals surface area (Å²) in [4.78, 5) is 13.9. The van der Waals surface area contributed by atoms with Crippen LogP contribution in [0.3, 0.4) is 0 Å². The molecule has 9 heteroatoms. The van der Waals surface area contributed by atoms with E-state index in [9.17, 15) is 26.4 Å². The van der Waals surface area contributed by atoms with Crippen LogP contribution in [-0.4, -0.2) is 55.9 Å². The third-order valence-electron chi connectivity index (χ3n) is 5.65. The maximum atomic E-state index is 13.0. The van der Waals surface area contributed by atoms with E-state index in [1.165, 1.54) is 33.5 Å². The van der Waals surface area contributed by atoms with Crippen LogP contribution in [0.1, 0.15) is 43.0 Å². The Kier molecular flexibility index (Phi) is 6.05. The normalized spacial score (nSPS) is 23.0. The molecule has 0 N–H and O–H groups in total. The monoisotopic (exact) mass is 418 g/mol. The third-order valence-corrected chi connectivity index (χ3v) is 7.57. The average molecular weight is 418 g/mol. The number of likely N-dealkylation sites (tertiary alicyclic amines) is 1. The molecule has 1 amide bonds. The topological polar surface area (TPSA) is 57.7 Å². The van der Waals surface area contributed by atoms with Gasteiger partial charge >= 0.3 is 6.18 Å². The molecule has 156 valence electrons. The summed E-state index contributed by atoms with van der Waals surface area (Å²) in [5.74, 6) is -1.51. The summed E-state index contributed by atoms with van der Waals surface area (Å²) in [6, 6.07) is 5.51. The van der Waals surface area contributed by atoms with Crippen molar-refractivity contribution in [2.75, 3.05) is 26.2 Å². The Bertz CT molecular complexity index is 801. The number of nitrogens with zero attached hydrogens (tertiary/aromatic N) is 2. The summed E-state index contributed by atoms with van der Waals surface area (Å²) in [6.45, 7) is 2.95. The molecule has 28 heavy (non-hydrogen) atoms. The zero-order valence-corrected chi connectivity index (χ0v) is 16.6. The number of hydrogen-bond acceptors (Lipinski definition) is 3. The standard InChI is InChI=1S/C19H25F3N2O3S/c1-14-8-11-24(12-9-14)28(26,27)17-6-4-15(5-7-17)18(25)23-10-2-3-16(13-23)19(20,21)22/h4-7,14,16H,2-3,8-13H2,1H3/t16-/m1/s1. The maximum absolute atomic E-state index is 13.0. The minimum Gasteiger partial charge on any atom is -0.338 e. The summed E-state index contributed by atoms with van der Waals surface area (Å²) in [7, 11) is -3.62. The number of rotatable bonds is 3. The third kappa shape index (κ3) is 4.51. The van der Waals surface area contributed by atoms with Gasteiger partial charge in [0, 0.05) is 31.7 Å². The first-order valence-electron chi connectivity index (χ1n) is 9.55. The molecule has 0 unspecified atom stereocenters. The molecule has 5 nitrogen and oxygen atoms in total. The second-order valence-electron chi connectivity index (χ2n) is 7.74. The second kappa shape index (κ2) is 8.02. The lowest BCUT2D eigenvalue weighted by molar-refractivity contribution is -0.184. The second-order valence-corrected chi connectivity index (χ2v) is 9.68. The molecule has 0 saturated carbocycles. The van der Waals surface area contributed by atoms with Gasteiger partial charge in [0.1, 0.15) is 0 Å². The molecule has 2 aliphatic rings. The number of benzene rings is 1. The fourth-order valence-electron chi connectivity index (χ4n) is 3.76. The molecule has 0 aromatic heterocycles. The molecule has 0 aliphatic carbocycles. The summed E-state index contributed by atoms with van der Waals surface area (Å²) in [5, 5.41) is 0. The van der Waals surface area contributed by atoms with Crippen molar-refractivity contribution in [1.29, 1.82) is 0 Å². The first-order chi connectivity index (χ1) is 13.1. The number of alkyl halides is 3.